The van der Waals surface area contributed by atoms with Crippen LogP contribution in [0.4, 0.5) is 17.6 Å². The fourth-order valence-electron chi connectivity index (χ4n) is 2.10. The number of ether oxygens (including phenoxy) is 1. The SMILES string of the molecule is CCOC(=O)c1c[nH]c(=O)n(Cc2cc(F)cc(C(F)(F)F)c2)c1=O. The van der Waals surface area contributed by atoms with Gasteiger partial charge in [0.1, 0.15) is 11.4 Å². The van der Waals surface area contributed by atoms with Crippen molar-refractivity contribution in [1.82, 2.24) is 9.55 Å². The van der Waals surface area contributed by atoms with Crippen LogP contribution in [0.3, 0.4) is 0 Å². The largest absolute Gasteiger partial charge is 0.462 e. The maximum atomic E-state index is 13.4. The van der Waals surface area contributed by atoms with Crippen LogP contribution in [0.25, 0.3) is 0 Å². The van der Waals surface area contributed by atoms with Crippen LogP contribution in [0.2, 0.25) is 0 Å². The number of carbonyl (C=O) groups excluding carboxylic acids is 1. The normalized spacial score (nSPS) is 11.4. The van der Waals surface area contributed by atoms with Gasteiger partial charge in [0.25, 0.3) is 5.56 Å². The Hall–Kier alpha value is -2.91. The van der Waals surface area contributed by atoms with Crippen LogP contribution in [0, 0.1) is 5.82 Å². The predicted octanol–water partition coefficient (Wildman–Crippen LogP) is 1.92. The molecule has 1 aromatic carbocycles. The number of nitrogens with zero attached hydrogens (tertiary/aromatic N) is 1. The van der Waals surface area contributed by atoms with E-state index in [2.05, 4.69) is 9.72 Å². The molecule has 25 heavy (non-hydrogen) atoms. The molecule has 0 aliphatic carbocycles. The second-order valence-electron chi connectivity index (χ2n) is 4.97. The molecule has 0 atom stereocenters. The van der Waals surface area contributed by atoms with Gasteiger partial charge >= 0.3 is 17.8 Å². The zero-order valence-corrected chi connectivity index (χ0v) is 12.8. The molecule has 1 heterocycles. The number of aromatic amines is 1. The first-order chi connectivity index (χ1) is 11.6. The van der Waals surface area contributed by atoms with Crippen LogP contribution < -0.4 is 11.2 Å². The van der Waals surface area contributed by atoms with Crippen molar-refractivity contribution < 1.29 is 27.1 Å². The summed E-state index contributed by atoms with van der Waals surface area (Å²) in [5, 5.41) is 0. The van der Waals surface area contributed by atoms with Crippen molar-refractivity contribution in [2.45, 2.75) is 19.6 Å². The maximum absolute atomic E-state index is 13.4. The van der Waals surface area contributed by atoms with Gasteiger partial charge in [-0.3, -0.25) is 9.36 Å². The van der Waals surface area contributed by atoms with Gasteiger partial charge in [-0.25, -0.2) is 14.0 Å². The Morgan fingerprint density at radius 2 is 1.92 bits per heavy atom. The van der Waals surface area contributed by atoms with Crippen molar-refractivity contribution in [3.05, 3.63) is 67.7 Å². The molecule has 0 aliphatic heterocycles. The quantitative estimate of drug-likeness (QED) is 0.667. The van der Waals surface area contributed by atoms with Crippen molar-refractivity contribution in [2.24, 2.45) is 0 Å². The number of halogens is 4. The number of H-pyrrole nitrogens is 1. The predicted molar refractivity (Wildman–Crippen MR) is 77.8 cm³/mol. The van der Waals surface area contributed by atoms with Crippen molar-refractivity contribution in [2.75, 3.05) is 6.61 Å². The molecule has 0 amide bonds. The molecule has 1 N–H and O–H groups in total. The van der Waals surface area contributed by atoms with Crippen LogP contribution >= 0.6 is 0 Å². The summed E-state index contributed by atoms with van der Waals surface area (Å²) in [6.45, 7) is 0.839. The molecule has 10 heteroatoms. The highest BCUT2D eigenvalue weighted by Crippen LogP contribution is 2.30. The number of hydrogen-bond acceptors (Lipinski definition) is 4. The van der Waals surface area contributed by atoms with E-state index < -0.39 is 46.9 Å². The molecule has 134 valence electrons. The van der Waals surface area contributed by atoms with Crippen molar-refractivity contribution in [1.29, 1.82) is 0 Å². The monoisotopic (exact) mass is 360 g/mol. The first-order valence-electron chi connectivity index (χ1n) is 6.99. The van der Waals surface area contributed by atoms with E-state index in [4.69, 9.17) is 0 Å². The molecular formula is C15H12F4N2O4. The lowest BCUT2D eigenvalue weighted by molar-refractivity contribution is -0.137. The summed E-state index contributed by atoms with van der Waals surface area (Å²) >= 11 is 0. The van der Waals surface area contributed by atoms with E-state index in [0.29, 0.717) is 16.7 Å². The molecule has 2 rings (SSSR count). The Labute approximate surface area is 137 Å². The first-order valence-corrected chi connectivity index (χ1v) is 6.99. The molecular weight excluding hydrogens is 348 g/mol. The van der Waals surface area contributed by atoms with E-state index in [9.17, 15) is 31.9 Å². The minimum atomic E-state index is -4.79. The van der Waals surface area contributed by atoms with Gasteiger partial charge < -0.3 is 9.72 Å². The molecule has 0 saturated heterocycles. The Kier molecular flexibility index (Phi) is 5.10. The minimum Gasteiger partial charge on any atom is -0.462 e. The van der Waals surface area contributed by atoms with Gasteiger partial charge in [0.15, 0.2) is 0 Å². The Balaban J connectivity index is 2.50. The number of rotatable bonds is 4. The van der Waals surface area contributed by atoms with Crippen LogP contribution in [0.1, 0.15) is 28.4 Å². The fourth-order valence-corrected chi connectivity index (χ4v) is 2.10. The van der Waals surface area contributed by atoms with Gasteiger partial charge in [0.2, 0.25) is 0 Å². The summed E-state index contributed by atoms with van der Waals surface area (Å²) in [4.78, 5) is 37.8. The van der Waals surface area contributed by atoms with E-state index in [1.165, 1.54) is 6.92 Å². The number of alkyl halides is 3. The van der Waals surface area contributed by atoms with Gasteiger partial charge in [0.05, 0.1) is 18.7 Å². The standard InChI is InChI=1S/C15H12F4N2O4/c1-2-25-13(23)11-6-20-14(24)21(12(11)22)7-8-3-9(15(17,18)19)5-10(16)4-8/h3-6H,2,7H2,1H3,(H,20,24). The second kappa shape index (κ2) is 6.91. The number of carbonyl (C=O) groups is 1. The van der Waals surface area contributed by atoms with E-state index in [1.54, 1.807) is 0 Å². The summed E-state index contributed by atoms with van der Waals surface area (Å²) in [6, 6.07) is 1.68. The molecule has 0 radical (unpaired) electrons. The highest BCUT2D eigenvalue weighted by molar-refractivity contribution is 5.88. The second-order valence-corrected chi connectivity index (χ2v) is 4.97. The van der Waals surface area contributed by atoms with Gasteiger partial charge in [0, 0.05) is 6.20 Å². The highest BCUT2D eigenvalue weighted by Gasteiger charge is 2.31. The van der Waals surface area contributed by atoms with Crippen molar-refractivity contribution in [3.8, 4) is 0 Å². The average molecular weight is 360 g/mol. The molecule has 0 aliphatic rings. The average Bonchev–Trinajstić information content (AvgIpc) is 2.50. The summed E-state index contributed by atoms with van der Waals surface area (Å²) in [6.07, 6.45) is -3.94. The van der Waals surface area contributed by atoms with Gasteiger partial charge in [-0.1, -0.05) is 0 Å². The lowest BCUT2D eigenvalue weighted by atomic mass is 10.1. The third kappa shape index (κ3) is 4.14. The molecule has 0 saturated carbocycles. The van der Waals surface area contributed by atoms with Crippen molar-refractivity contribution >= 4 is 5.97 Å². The van der Waals surface area contributed by atoms with Crippen LogP contribution in [-0.2, 0) is 17.5 Å². The lowest BCUT2D eigenvalue weighted by Gasteiger charge is -2.11. The summed E-state index contributed by atoms with van der Waals surface area (Å²) in [5.74, 6) is -2.16. The molecule has 2 aromatic rings. The summed E-state index contributed by atoms with van der Waals surface area (Å²) < 4.78 is 56.8. The number of hydrogen-bond donors (Lipinski definition) is 1. The Morgan fingerprint density at radius 3 is 2.52 bits per heavy atom. The van der Waals surface area contributed by atoms with Crippen molar-refractivity contribution in [3.63, 3.8) is 0 Å². The lowest BCUT2D eigenvalue weighted by Crippen LogP contribution is -2.38. The number of nitrogens with one attached hydrogen (secondary N) is 1. The van der Waals surface area contributed by atoms with E-state index >= 15 is 0 Å². The zero-order valence-electron chi connectivity index (χ0n) is 12.8. The van der Waals surface area contributed by atoms with E-state index in [0.717, 1.165) is 12.3 Å². The summed E-state index contributed by atoms with van der Waals surface area (Å²) in [7, 11) is 0. The van der Waals surface area contributed by atoms with Crippen LogP contribution in [0.5, 0.6) is 0 Å². The minimum absolute atomic E-state index is 0.0176. The highest BCUT2D eigenvalue weighted by atomic mass is 19.4. The van der Waals surface area contributed by atoms with Gasteiger partial charge in [-0.2, -0.15) is 13.2 Å². The third-order valence-corrected chi connectivity index (χ3v) is 3.18. The summed E-state index contributed by atoms with van der Waals surface area (Å²) in [5.41, 5.74) is -4.03. The molecule has 0 bridgehead atoms. The fraction of sp³-hybridized carbons (Fsp3) is 0.267. The Bertz CT molecular complexity index is 915. The van der Waals surface area contributed by atoms with Gasteiger partial charge in [-0.15, -0.1) is 0 Å². The zero-order chi connectivity index (χ0) is 18.8. The molecule has 0 unspecified atom stereocenters. The van der Waals surface area contributed by atoms with E-state index in [1.807, 2.05) is 0 Å². The van der Waals surface area contributed by atoms with Crippen LogP contribution in [-0.4, -0.2) is 22.1 Å². The molecule has 0 fully saturated rings. The molecule has 0 spiro atoms. The maximum Gasteiger partial charge on any atom is 0.416 e. The molecule has 6 nitrogen and oxygen atoms in total. The van der Waals surface area contributed by atoms with Gasteiger partial charge in [-0.05, 0) is 30.7 Å². The number of benzene rings is 1. The Morgan fingerprint density at radius 1 is 1.24 bits per heavy atom. The third-order valence-electron chi connectivity index (χ3n) is 3.18. The first kappa shape index (κ1) is 18.4. The topological polar surface area (TPSA) is 81.2 Å². The smallest absolute Gasteiger partial charge is 0.416 e. The molecule has 1 aromatic heterocycles. The number of aromatic nitrogens is 2. The number of esters is 1. The van der Waals surface area contributed by atoms with E-state index in [-0.39, 0.29) is 12.2 Å². The van der Waals surface area contributed by atoms with Crippen LogP contribution in [0.15, 0.2) is 34.0 Å².